The van der Waals surface area contributed by atoms with Crippen LogP contribution in [0.1, 0.15) is 37.7 Å². The second-order valence-corrected chi connectivity index (χ2v) is 4.69. The van der Waals surface area contributed by atoms with E-state index in [4.69, 9.17) is 0 Å². The fourth-order valence-corrected chi connectivity index (χ4v) is 2.38. The Morgan fingerprint density at radius 3 is 2.69 bits per heavy atom. The molecule has 86 valence electrons. The average Bonchev–Trinajstić information content (AvgIpc) is 2.52. The third-order valence-electron chi connectivity index (χ3n) is 3.33. The van der Waals surface area contributed by atoms with Crippen LogP contribution in [-0.2, 0) is 6.42 Å². The molecule has 16 heavy (non-hydrogen) atoms. The largest absolute Gasteiger partial charge is 0.297 e. The van der Waals surface area contributed by atoms with Crippen molar-refractivity contribution >= 4 is 0 Å². The van der Waals surface area contributed by atoms with Gasteiger partial charge in [0.15, 0.2) is 0 Å². The fourth-order valence-electron chi connectivity index (χ4n) is 2.38. The van der Waals surface area contributed by atoms with Crippen molar-refractivity contribution in [3.63, 3.8) is 0 Å². The van der Waals surface area contributed by atoms with E-state index >= 15 is 0 Å². The predicted octanol–water partition coefficient (Wildman–Crippen LogP) is 2.55. The van der Waals surface area contributed by atoms with Crippen LogP contribution in [0.25, 0.3) is 0 Å². The van der Waals surface area contributed by atoms with E-state index in [1.165, 1.54) is 18.4 Å². The fraction of sp³-hybridized carbons (Fsp3) is 0.571. The molecule has 0 bridgehead atoms. The van der Waals surface area contributed by atoms with Crippen LogP contribution in [-0.4, -0.2) is 12.2 Å². The van der Waals surface area contributed by atoms with E-state index < -0.39 is 0 Å². The zero-order valence-electron chi connectivity index (χ0n) is 9.73. The summed E-state index contributed by atoms with van der Waals surface area (Å²) in [6, 6.07) is 11.1. The molecular formula is C14H20N2. The van der Waals surface area contributed by atoms with Crippen LogP contribution in [0.5, 0.6) is 0 Å². The van der Waals surface area contributed by atoms with Crippen LogP contribution >= 0.6 is 0 Å². The van der Waals surface area contributed by atoms with Crippen LogP contribution in [0.2, 0.25) is 0 Å². The highest BCUT2D eigenvalue weighted by atomic mass is 15.0. The van der Waals surface area contributed by atoms with Crippen LogP contribution in [0.3, 0.4) is 0 Å². The molecule has 1 saturated heterocycles. The molecular weight excluding hydrogens is 196 g/mol. The summed E-state index contributed by atoms with van der Waals surface area (Å²) in [5.41, 5.74) is 11.0. The number of hydrogen-bond donors (Lipinski definition) is 1. The van der Waals surface area contributed by atoms with E-state index in [-0.39, 0.29) is 6.17 Å². The minimum absolute atomic E-state index is 0.289. The molecule has 0 amide bonds. The van der Waals surface area contributed by atoms with Gasteiger partial charge in [-0.15, -0.1) is 5.73 Å². The molecule has 2 unspecified atom stereocenters. The highest BCUT2D eigenvalue weighted by Crippen LogP contribution is 2.15. The summed E-state index contributed by atoms with van der Waals surface area (Å²) in [6.07, 6.45) is 6.43. The van der Waals surface area contributed by atoms with E-state index in [1.54, 1.807) is 0 Å². The summed E-state index contributed by atoms with van der Waals surface area (Å²) in [7, 11) is 0. The third-order valence-corrected chi connectivity index (χ3v) is 3.33. The Bertz CT molecular complexity index is 297. The Morgan fingerprint density at radius 2 is 1.88 bits per heavy atom. The summed E-state index contributed by atoms with van der Waals surface area (Å²) in [4.78, 5) is 0. The minimum atomic E-state index is -0.289. The first-order valence-corrected chi connectivity index (χ1v) is 6.32. The second kappa shape index (κ2) is 6.02. The summed E-state index contributed by atoms with van der Waals surface area (Å²) >= 11 is 0. The van der Waals surface area contributed by atoms with Gasteiger partial charge in [0.2, 0.25) is 0 Å². The molecule has 1 N–H and O–H groups in total. The first kappa shape index (κ1) is 11.6. The molecule has 2 heteroatoms. The van der Waals surface area contributed by atoms with Gasteiger partial charge in [-0.2, -0.15) is 0 Å². The lowest BCUT2D eigenvalue weighted by Gasteiger charge is -2.18. The van der Waals surface area contributed by atoms with Crippen molar-refractivity contribution in [2.45, 2.75) is 50.7 Å². The van der Waals surface area contributed by atoms with Gasteiger partial charge in [0, 0.05) is 6.04 Å². The molecule has 1 fully saturated rings. The van der Waals surface area contributed by atoms with E-state index in [1.807, 2.05) is 0 Å². The molecule has 1 aliphatic rings. The van der Waals surface area contributed by atoms with Crippen molar-refractivity contribution < 1.29 is 0 Å². The topological polar surface area (TPSA) is 34.3 Å². The Balaban J connectivity index is 1.80. The van der Waals surface area contributed by atoms with Gasteiger partial charge in [-0.3, -0.25) is 5.32 Å². The normalized spacial score (nSPS) is 26.3. The van der Waals surface area contributed by atoms with Crippen molar-refractivity contribution in [2.75, 3.05) is 0 Å². The molecule has 2 radical (unpaired) electrons. The van der Waals surface area contributed by atoms with Crippen LogP contribution < -0.4 is 11.1 Å². The van der Waals surface area contributed by atoms with E-state index in [9.17, 15) is 5.73 Å². The van der Waals surface area contributed by atoms with Crippen LogP contribution in [0.4, 0.5) is 0 Å². The lowest BCUT2D eigenvalue weighted by molar-refractivity contribution is 0.410. The molecule has 0 spiro atoms. The number of aryl methyl sites for hydroxylation is 1. The monoisotopic (exact) mass is 216 g/mol. The van der Waals surface area contributed by atoms with Crippen molar-refractivity contribution in [2.24, 2.45) is 0 Å². The van der Waals surface area contributed by atoms with Crippen LogP contribution in [0, 0.1) is 0 Å². The maximum atomic E-state index is 9.65. The third kappa shape index (κ3) is 3.62. The van der Waals surface area contributed by atoms with Crippen LogP contribution in [0.15, 0.2) is 30.3 Å². The molecule has 1 heterocycles. The first-order valence-electron chi connectivity index (χ1n) is 6.32. The lowest BCUT2D eigenvalue weighted by Crippen LogP contribution is -2.37. The molecule has 0 aliphatic carbocycles. The standard InChI is InChI=1S/C14H20N2/c15-14-9-5-4-8-13(16-14)11-10-12-6-2-1-3-7-12/h1-3,6-7,13-14,16H,4-5,8-11H2. The zero-order chi connectivity index (χ0) is 11.2. The molecule has 0 saturated carbocycles. The van der Waals surface area contributed by atoms with Crippen molar-refractivity contribution in [3.05, 3.63) is 35.9 Å². The number of nitrogens with one attached hydrogen (secondary N) is 1. The SMILES string of the molecule is [N]C1CCCCC(CCc2ccccc2)N1. The van der Waals surface area contributed by atoms with Gasteiger partial charge in [-0.25, -0.2) is 0 Å². The number of benzene rings is 1. The quantitative estimate of drug-likeness (QED) is 0.827. The Hall–Kier alpha value is -0.860. The first-order chi connectivity index (χ1) is 7.84. The van der Waals surface area contributed by atoms with E-state index in [2.05, 4.69) is 35.6 Å². The van der Waals surface area contributed by atoms with Gasteiger partial charge in [-0.1, -0.05) is 43.2 Å². The van der Waals surface area contributed by atoms with Crippen molar-refractivity contribution in [3.8, 4) is 0 Å². The summed E-state index contributed by atoms with van der Waals surface area (Å²) in [5, 5.41) is 3.30. The van der Waals surface area contributed by atoms with Crippen molar-refractivity contribution in [1.29, 1.82) is 0 Å². The van der Waals surface area contributed by atoms with E-state index in [0.717, 1.165) is 25.7 Å². The number of hydrogen-bond acceptors (Lipinski definition) is 1. The smallest absolute Gasteiger partial charge is 0.0928 e. The molecule has 2 atom stereocenters. The maximum Gasteiger partial charge on any atom is 0.0928 e. The molecule has 1 aromatic carbocycles. The lowest BCUT2D eigenvalue weighted by atomic mass is 10.0. The summed E-state index contributed by atoms with van der Waals surface area (Å²) in [5.74, 6) is 0. The van der Waals surface area contributed by atoms with Gasteiger partial charge in [0.25, 0.3) is 0 Å². The van der Waals surface area contributed by atoms with Gasteiger partial charge in [0.05, 0.1) is 6.17 Å². The van der Waals surface area contributed by atoms with Gasteiger partial charge < -0.3 is 0 Å². The number of nitrogens with zero attached hydrogens (tertiary/aromatic N) is 1. The summed E-state index contributed by atoms with van der Waals surface area (Å²) < 4.78 is 0. The highest BCUT2D eigenvalue weighted by molar-refractivity contribution is 5.14. The highest BCUT2D eigenvalue weighted by Gasteiger charge is 2.16. The predicted molar refractivity (Wildman–Crippen MR) is 66.1 cm³/mol. The molecule has 1 aliphatic heterocycles. The molecule has 1 aromatic rings. The Labute approximate surface area is 98.2 Å². The van der Waals surface area contributed by atoms with Gasteiger partial charge in [-0.05, 0) is 31.2 Å². The van der Waals surface area contributed by atoms with E-state index in [0.29, 0.717) is 6.04 Å². The molecule has 2 nitrogen and oxygen atoms in total. The molecule has 2 rings (SSSR count). The Kier molecular flexibility index (Phi) is 4.37. The average molecular weight is 216 g/mol. The molecule has 0 aromatic heterocycles. The number of rotatable bonds is 3. The zero-order valence-corrected chi connectivity index (χ0v) is 9.73. The summed E-state index contributed by atoms with van der Waals surface area (Å²) in [6.45, 7) is 0. The Morgan fingerprint density at radius 1 is 1.12 bits per heavy atom. The maximum absolute atomic E-state index is 9.65. The minimum Gasteiger partial charge on any atom is -0.297 e. The second-order valence-electron chi connectivity index (χ2n) is 4.69. The van der Waals surface area contributed by atoms with Gasteiger partial charge in [0.1, 0.15) is 0 Å². The van der Waals surface area contributed by atoms with Crippen molar-refractivity contribution in [1.82, 2.24) is 11.1 Å². The van der Waals surface area contributed by atoms with Gasteiger partial charge >= 0.3 is 0 Å².